The third-order valence-electron chi connectivity index (χ3n) is 3.67. The summed E-state index contributed by atoms with van der Waals surface area (Å²) in [6.07, 6.45) is 0. The zero-order valence-corrected chi connectivity index (χ0v) is 13.7. The van der Waals surface area contributed by atoms with Crippen LogP contribution >= 0.6 is 22.6 Å². The Morgan fingerprint density at radius 3 is 3.10 bits per heavy atom. The van der Waals surface area contributed by atoms with E-state index in [0.29, 0.717) is 5.89 Å². The van der Waals surface area contributed by atoms with Crippen molar-refractivity contribution in [1.82, 2.24) is 20.4 Å². The molecule has 1 aliphatic heterocycles. The van der Waals surface area contributed by atoms with E-state index in [1.165, 1.54) is 5.56 Å². The maximum absolute atomic E-state index is 5.47. The summed E-state index contributed by atoms with van der Waals surface area (Å²) in [5, 5.41) is 7.53. The number of benzene rings is 1. The second-order valence-electron chi connectivity index (χ2n) is 5.09. The van der Waals surface area contributed by atoms with Gasteiger partial charge in [0.1, 0.15) is 0 Å². The highest BCUT2D eigenvalue weighted by molar-refractivity contribution is 14.1. The summed E-state index contributed by atoms with van der Waals surface area (Å²) in [7, 11) is 2.10. The predicted octanol–water partition coefficient (Wildman–Crippen LogP) is 2.23. The van der Waals surface area contributed by atoms with Gasteiger partial charge in [0.25, 0.3) is 5.89 Å². The monoisotopic (exact) mass is 384 g/mol. The fourth-order valence-corrected chi connectivity index (χ4v) is 2.98. The van der Waals surface area contributed by atoms with Crippen LogP contribution in [-0.4, -0.2) is 41.7 Å². The van der Waals surface area contributed by atoms with Crippen LogP contribution in [0.1, 0.15) is 17.4 Å². The molecule has 3 rings (SSSR count). The van der Waals surface area contributed by atoms with Gasteiger partial charge in [-0.05, 0) is 48.2 Å². The lowest BCUT2D eigenvalue weighted by Crippen LogP contribution is -2.44. The number of rotatable bonds is 2. The first kappa shape index (κ1) is 14.0. The molecule has 0 saturated carbocycles. The quantitative estimate of drug-likeness (QED) is 0.805. The van der Waals surface area contributed by atoms with E-state index in [1.54, 1.807) is 0 Å². The molecule has 5 nitrogen and oxygen atoms in total. The second-order valence-corrected chi connectivity index (χ2v) is 6.17. The van der Waals surface area contributed by atoms with Crippen LogP contribution in [0.4, 0.5) is 0 Å². The first-order valence-electron chi connectivity index (χ1n) is 6.67. The molecule has 1 fully saturated rings. The number of piperazine rings is 1. The minimum absolute atomic E-state index is 0.184. The molecule has 0 spiro atoms. The molecular weight excluding hydrogens is 367 g/mol. The van der Waals surface area contributed by atoms with Crippen molar-refractivity contribution in [1.29, 1.82) is 0 Å². The van der Waals surface area contributed by atoms with Gasteiger partial charge in [-0.3, -0.25) is 4.90 Å². The summed E-state index contributed by atoms with van der Waals surface area (Å²) in [4.78, 5) is 6.85. The fraction of sp³-hybridized carbons (Fsp3) is 0.429. The van der Waals surface area contributed by atoms with Gasteiger partial charge in [0.2, 0.25) is 0 Å². The summed E-state index contributed by atoms with van der Waals surface area (Å²) in [6, 6.07) is 6.31. The second kappa shape index (κ2) is 5.79. The highest BCUT2D eigenvalue weighted by Crippen LogP contribution is 2.28. The smallest absolute Gasteiger partial charge is 0.259 e. The van der Waals surface area contributed by atoms with E-state index in [0.717, 1.165) is 34.6 Å². The van der Waals surface area contributed by atoms with Crippen molar-refractivity contribution >= 4 is 22.6 Å². The van der Waals surface area contributed by atoms with Gasteiger partial charge in [-0.15, -0.1) is 0 Å². The van der Waals surface area contributed by atoms with E-state index >= 15 is 0 Å². The zero-order chi connectivity index (χ0) is 14.1. The van der Waals surface area contributed by atoms with E-state index in [4.69, 9.17) is 4.52 Å². The van der Waals surface area contributed by atoms with E-state index in [9.17, 15) is 0 Å². The molecule has 1 aliphatic rings. The summed E-state index contributed by atoms with van der Waals surface area (Å²) in [5.41, 5.74) is 2.23. The van der Waals surface area contributed by atoms with Crippen LogP contribution in [0.25, 0.3) is 11.5 Å². The molecule has 0 amide bonds. The number of aromatic nitrogens is 2. The summed E-state index contributed by atoms with van der Waals surface area (Å²) < 4.78 is 6.63. The lowest BCUT2D eigenvalue weighted by atomic mass is 10.1. The number of hydrogen-bond donors (Lipinski definition) is 1. The van der Waals surface area contributed by atoms with Crippen molar-refractivity contribution in [3.63, 3.8) is 0 Å². The lowest BCUT2D eigenvalue weighted by Gasteiger charge is -2.30. The Bertz CT molecular complexity index is 613. The first-order chi connectivity index (χ1) is 9.66. The molecule has 6 heteroatoms. The average molecular weight is 384 g/mol. The number of aryl methyl sites for hydroxylation is 1. The van der Waals surface area contributed by atoms with Crippen molar-refractivity contribution in [2.45, 2.75) is 13.0 Å². The molecule has 20 heavy (non-hydrogen) atoms. The Morgan fingerprint density at radius 1 is 1.45 bits per heavy atom. The normalized spacial score (nSPS) is 20.2. The Kier molecular flexibility index (Phi) is 4.04. The van der Waals surface area contributed by atoms with Crippen LogP contribution in [0.2, 0.25) is 0 Å². The van der Waals surface area contributed by atoms with Gasteiger partial charge in [0, 0.05) is 23.2 Å². The van der Waals surface area contributed by atoms with Gasteiger partial charge < -0.3 is 9.84 Å². The molecule has 1 unspecified atom stereocenters. The molecule has 1 aromatic carbocycles. The third kappa shape index (κ3) is 2.59. The van der Waals surface area contributed by atoms with Gasteiger partial charge in [-0.2, -0.15) is 4.98 Å². The summed E-state index contributed by atoms with van der Waals surface area (Å²) in [5.74, 6) is 1.36. The van der Waals surface area contributed by atoms with Gasteiger partial charge in [0.05, 0.1) is 11.6 Å². The van der Waals surface area contributed by atoms with Crippen molar-refractivity contribution < 1.29 is 4.52 Å². The molecular formula is C14H17IN4O. The maximum Gasteiger partial charge on any atom is 0.259 e. The maximum atomic E-state index is 5.47. The molecule has 106 valence electrons. The van der Waals surface area contributed by atoms with Gasteiger partial charge in [-0.1, -0.05) is 17.3 Å². The van der Waals surface area contributed by atoms with Gasteiger partial charge in [0.15, 0.2) is 5.82 Å². The van der Waals surface area contributed by atoms with E-state index < -0.39 is 0 Å². The average Bonchev–Trinajstić information content (AvgIpc) is 2.92. The molecule has 1 saturated heterocycles. The van der Waals surface area contributed by atoms with Crippen LogP contribution in [0.3, 0.4) is 0 Å². The van der Waals surface area contributed by atoms with Crippen molar-refractivity contribution in [3.05, 3.63) is 33.2 Å². The topological polar surface area (TPSA) is 54.2 Å². The highest BCUT2D eigenvalue weighted by Gasteiger charge is 2.25. The number of likely N-dealkylation sites (N-methyl/N-ethyl adjacent to an activating group) is 1. The summed E-state index contributed by atoms with van der Waals surface area (Å²) in [6.45, 7) is 4.95. The molecule has 1 N–H and O–H groups in total. The SMILES string of the molecule is Cc1cccc(-c2nc(C3CNCCN3C)no2)c1I. The van der Waals surface area contributed by atoms with E-state index in [-0.39, 0.29) is 6.04 Å². The molecule has 0 radical (unpaired) electrons. The molecule has 2 aromatic rings. The Morgan fingerprint density at radius 2 is 2.30 bits per heavy atom. The van der Waals surface area contributed by atoms with Crippen molar-refractivity contribution in [3.8, 4) is 11.5 Å². The van der Waals surface area contributed by atoms with E-state index in [2.05, 4.69) is 63.0 Å². The Hall–Kier alpha value is -0.990. The van der Waals surface area contributed by atoms with Crippen LogP contribution in [0.5, 0.6) is 0 Å². The first-order valence-corrected chi connectivity index (χ1v) is 7.74. The number of halogens is 1. The van der Waals surface area contributed by atoms with Crippen LogP contribution in [-0.2, 0) is 0 Å². The number of hydrogen-bond acceptors (Lipinski definition) is 5. The molecule has 2 heterocycles. The van der Waals surface area contributed by atoms with Crippen LogP contribution < -0.4 is 5.32 Å². The standard InChI is InChI=1S/C14H17IN4O/c1-9-4-3-5-10(12(9)15)14-17-13(18-20-14)11-8-16-6-7-19(11)2/h3-5,11,16H,6-8H2,1-2H3. The van der Waals surface area contributed by atoms with Crippen LogP contribution in [0, 0.1) is 10.5 Å². The highest BCUT2D eigenvalue weighted by atomic mass is 127. The Labute approximate surface area is 131 Å². The van der Waals surface area contributed by atoms with Gasteiger partial charge >= 0.3 is 0 Å². The third-order valence-corrected chi connectivity index (χ3v) is 5.10. The van der Waals surface area contributed by atoms with Crippen molar-refractivity contribution in [2.24, 2.45) is 0 Å². The minimum Gasteiger partial charge on any atom is -0.334 e. The summed E-state index contributed by atoms with van der Waals surface area (Å²) >= 11 is 2.33. The Balaban J connectivity index is 1.92. The predicted molar refractivity (Wildman–Crippen MR) is 85.4 cm³/mol. The fourth-order valence-electron chi connectivity index (χ4n) is 2.39. The number of nitrogens with one attached hydrogen (secondary N) is 1. The minimum atomic E-state index is 0.184. The molecule has 1 aromatic heterocycles. The molecule has 1 atom stereocenters. The van der Waals surface area contributed by atoms with Crippen LogP contribution in [0.15, 0.2) is 22.7 Å². The van der Waals surface area contributed by atoms with Crippen molar-refractivity contribution in [2.75, 3.05) is 26.7 Å². The van der Waals surface area contributed by atoms with E-state index in [1.807, 2.05) is 12.1 Å². The van der Waals surface area contributed by atoms with Gasteiger partial charge in [-0.25, -0.2) is 0 Å². The number of nitrogens with zero attached hydrogens (tertiary/aromatic N) is 3. The molecule has 0 bridgehead atoms. The zero-order valence-electron chi connectivity index (χ0n) is 11.6. The lowest BCUT2D eigenvalue weighted by molar-refractivity contribution is 0.190. The molecule has 0 aliphatic carbocycles. The largest absolute Gasteiger partial charge is 0.334 e.